The molecule has 0 unspecified atom stereocenters. The molecule has 7 nitrogen and oxygen atoms in total. The van der Waals surface area contributed by atoms with Crippen LogP contribution in [0.2, 0.25) is 0 Å². The van der Waals surface area contributed by atoms with Crippen molar-refractivity contribution >= 4 is 34.8 Å². The van der Waals surface area contributed by atoms with Gasteiger partial charge in [-0.1, -0.05) is 37.1 Å². The summed E-state index contributed by atoms with van der Waals surface area (Å²) in [6.45, 7) is 3.99. The van der Waals surface area contributed by atoms with Gasteiger partial charge in [-0.15, -0.1) is 16.4 Å². The molecule has 1 saturated carbocycles. The second kappa shape index (κ2) is 9.06. The highest BCUT2D eigenvalue weighted by Crippen LogP contribution is 2.36. The van der Waals surface area contributed by atoms with Gasteiger partial charge in [-0.2, -0.15) is 5.26 Å². The lowest BCUT2D eigenvalue weighted by atomic mass is 9.95. The van der Waals surface area contributed by atoms with Crippen LogP contribution < -0.4 is 5.32 Å². The van der Waals surface area contributed by atoms with E-state index in [2.05, 4.69) is 31.1 Å². The molecule has 1 aliphatic rings. The number of carbonyl (C=O) groups excluding carboxylic acids is 1. The van der Waals surface area contributed by atoms with Crippen molar-refractivity contribution < 1.29 is 4.79 Å². The molecule has 0 aliphatic heterocycles. The molecule has 0 saturated heterocycles. The van der Waals surface area contributed by atoms with Crippen LogP contribution in [0.25, 0.3) is 10.7 Å². The molecule has 2 N–H and O–H groups in total. The van der Waals surface area contributed by atoms with Crippen molar-refractivity contribution in [2.24, 2.45) is 0 Å². The molecule has 0 aromatic carbocycles. The lowest BCUT2D eigenvalue weighted by molar-refractivity contribution is -0.113. The van der Waals surface area contributed by atoms with Crippen molar-refractivity contribution in [3.63, 3.8) is 0 Å². The Labute approximate surface area is 183 Å². The van der Waals surface area contributed by atoms with Gasteiger partial charge in [-0.3, -0.25) is 9.89 Å². The van der Waals surface area contributed by atoms with Crippen molar-refractivity contribution in [3.8, 4) is 16.8 Å². The van der Waals surface area contributed by atoms with Gasteiger partial charge in [0.1, 0.15) is 11.9 Å². The Kier molecular flexibility index (Phi) is 6.25. The van der Waals surface area contributed by atoms with E-state index < -0.39 is 0 Å². The van der Waals surface area contributed by atoms with Gasteiger partial charge in [0.15, 0.2) is 5.82 Å². The summed E-state index contributed by atoms with van der Waals surface area (Å²) < 4.78 is 2.18. The molecule has 3 aromatic heterocycles. The smallest absolute Gasteiger partial charge is 0.235 e. The Bertz CT molecular complexity index is 1070. The predicted molar refractivity (Wildman–Crippen MR) is 120 cm³/mol. The minimum Gasteiger partial charge on any atom is -0.327 e. The second-order valence-corrected chi connectivity index (χ2v) is 9.38. The van der Waals surface area contributed by atoms with Gasteiger partial charge in [0, 0.05) is 11.7 Å². The van der Waals surface area contributed by atoms with Gasteiger partial charge in [-0.25, -0.2) is 4.98 Å². The van der Waals surface area contributed by atoms with E-state index in [-0.39, 0.29) is 11.7 Å². The molecule has 1 aliphatic carbocycles. The maximum absolute atomic E-state index is 12.7. The third-order valence-electron chi connectivity index (χ3n) is 5.62. The minimum atomic E-state index is -0.159. The number of aromatic amines is 1. The molecule has 156 valence electrons. The standard InChI is InChI=1S/C21H24N6OS2/c1-13-14(2)27(15-7-4-3-5-8-15)20(16(13)11-22)23-18(28)12-30-21-24-19(25-26-21)17-9-6-10-29-17/h6,9-10,15H,3-5,7-8,12H2,1-2H3,(H,23,28)(H,24,25,26). The average Bonchev–Trinajstić information content (AvgIpc) is 3.48. The topological polar surface area (TPSA) is 99.4 Å². The van der Waals surface area contributed by atoms with Crippen LogP contribution in [0.5, 0.6) is 0 Å². The Morgan fingerprint density at radius 2 is 2.20 bits per heavy atom. The molecule has 1 amide bonds. The van der Waals surface area contributed by atoms with Crippen molar-refractivity contribution in [1.82, 2.24) is 19.7 Å². The number of rotatable bonds is 6. The van der Waals surface area contributed by atoms with Gasteiger partial charge in [0.2, 0.25) is 11.1 Å². The summed E-state index contributed by atoms with van der Waals surface area (Å²) in [6, 6.07) is 6.56. The van der Waals surface area contributed by atoms with Gasteiger partial charge in [0.05, 0.1) is 16.2 Å². The van der Waals surface area contributed by atoms with Crippen LogP contribution in [0.3, 0.4) is 0 Å². The zero-order valence-electron chi connectivity index (χ0n) is 17.1. The summed E-state index contributed by atoms with van der Waals surface area (Å²) in [7, 11) is 0. The summed E-state index contributed by atoms with van der Waals surface area (Å²) >= 11 is 2.86. The first kappa shape index (κ1) is 20.7. The van der Waals surface area contributed by atoms with Crippen LogP contribution in [0, 0.1) is 25.2 Å². The number of nitriles is 1. The second-order valence-electron chi connectivity index (χ2n) is 7.49. The van der Waals surface area contributed by atoms with E-state index >= 15 is 0 Å². The van der Waals surface area contributed by atoms with Crippen LogP contribution in [-0.2, 0) is 4.79 Å². The van der Waals surface area contributed by atoms with Crippen LogP contribution in [0.4, 0.5) is 5.82 Å². The maximum Gasteiger partial charge on any atom is 0.235 e. The normalized spacial score (nSPS) is 14.6. The first-order valence-electron chi connectivity index (χ1n) is 10.1. The molecule has 0 radical (unpaired) electrons. The van der Waals surface area contributed by atoms with Crippen LogP contribution in [0.15, 0.2) is 22.7 Å². The summed E-state index contributed by atoms with van der Waals surface area (Å²) in [5.74, 6) is 1.37. The third kappa shape index (κ3) is 4.16. The first-order chi connectivity index (χ1) is 14.6. The van der Waals surface area contributed by atoms with Crippen molar-refractivity contribution in [1.29, 1.82) is 5.26 Å². The van der Waals surface area contributed by atoms with Crippen molar-refractivity contribution in [2.45, 2.75) is 57.1 Å². The lowest BCUT2D eigenvalue weighted by Gasteiger charge is -2.27. The van der Waals surface area contributed by atoms with E-state index in [4.69, 9.17) is 0 Å². The van der Waals surface area contributed by atoms with Crippen LogP contribution in [-0.4, -0.2) is 31.4 Å². The Morgan fingerprint density at radius 3 is 2.90 bits per heavy atom. The molecule has 9 heteroatoms. The fourth-order valence-corrected chi connectivity index (χ4v) is 5.28. The van der Waals surface area contributed by atoms with Crippen molar-refractivity contribution in [3.05, 3.63) is 34.3 Å². The molecule has 0 atom stereocenters. The summed E-state index contributed by atoms with van der Waals surface area (Å²) in [4.78, 5) is 18.2. The summed E-state index contributed by atoms with van der Waals surface area (Å²) in [5, 5.41) is 22.3. The Hall–Kier alpha value is -2.57. The predicted octanol–water partition coefficient (Wildman–Crippen LogP) is 5.06. The van der Waals surface area contributed by atoms with E-state index in [0.717, 1.165) is 29.0 Å². The fraction of sp³-hybridized carbons (Fsp3) is 0.429. The molecule has 3 heterocycles. The van der Waals surface area contributed by atoms with Gasteiger partial charge in [0.25, 0.3) is 0 Å². The number of hydrogen-bond donors (Lipinski definition) is 2. The first-order valence-corrected chi connectivity index (χ1v) is 12.0. The zero-order chi connectivity index (χ0) is 21.1. The molecule has 0 spiro atoms. The number of nitrogens with one attached hydrogen (secondary N) is 2. The highest BCUT2D eigenvalue weighted by atomic mass is 32.2. The molecule has 1 fully saturated rings. The number of carbonyl (C=O) groups is 1. The highest BCUT2D eigenvalue weighted by molar-refractivity contribution is 7.99. The SMILES string of the molecule is Cc1c(C#N)c(NC(=O)CSc2n[nH]c(-c3cccs3)n2)n(C2CCCCC2)c1C. The zero-order valence-corrected chi connectivity index (χ0v) is 18.7. The molecular weight excluding hydrogens is 416 g/mol. The monoisotopic (exact) mass is 440 g/mol. The minimum absolute atomic E-state index is 0.159. The van der Waals surface area contributed by atoms with E-state index in [9.17, 15) is 10.1 Å². The number of H-pyrrole nitrogens is 1. The highest BCUT2D eigenvalue weighted by Gasteiger charge is 2.26. The summed E-state index contributed by atoms with van der Waals surface area (Å²) in [6.07, 6.45) is 5.79. The fourth-order valence-electron chi connectivity index (χ4n) is 4.02. The largest absolute Gasteiger partial charge is 0.327 e. The van der Waals surface area contributed by atoms with Crippen molar-refractivity contribution in [2.75, 3.05) is 11.1 Å². The number of aromatic nitrogens is 4. The van der Waals surface area contributed by atoms with Crippen LogP contribution in [0.1, 0.15) is 55.0 Å². The maximum atomic E-state index is 12.7. The van der Waals surface area contributed by atoms with Gasteiger partial charge >= 0.3 is 0 Å². The molecule has 30 heavy (non-hydrogen) atoms. The number of hydrogen-bond acceptors (Lipinski definition) is 6. The number of anilines is 1. The molecule has 4 rings (SSSR count). The number of thiophene rings is 1. The number of thioether (sulfide) groups is 1. The molecule has 3 aromatic rings. The van der Waals surface area contributed by atoms with E-state index in [1.165, 1.54) is 31.0 Å². The summed E-state index contributed by atoms with van der Waals surface area (Å²) in [5.41, 5.74) is 2.57. The Morgan fingerprint density at radius 1 is 1.40 bits per heavy atom. The Balaban J connectivity index is 1.47. The molecule has 0 bridgehead atoms. The third-order valence-corrected chi connectivity index (χ3v) is 7.34. The van der Waals surface area contributed by atoms with E-state index in [0.29, 0.717) is 28.4 Å². The van der Waals surface area contributed by atoms with Crippen LogP contribution >= 0.6 is 23.1 Å². The van der Waals surface area contributed by atoms with Gasteiger partial charge < -0.3 is 9.88 Å². The van der Waals surface area contributed by atoms with E-state index in [1.54, 1.807) is 11.3 Å². The molecular formula is C21H24N6OS2. The van der Waals surface area contributed by atoms with Gasteiger partial charge in [-0.05, 0) is 43.7 Å². The lowest BCUT2D eigenvalue weighted by Crippen LogP contribution is -2.21. The average molecular weight is 441 g/mol. The van der Waals surface area contributed by atoms with E-state index in [1.807, 2.05) is 31.4 Å². The quantitative estimate of drug-likeness (QED) is 0.522. The number of nitrogens with zero attached hydrogens (tertiary/aromatic N) is 4. The number of amides is 1.